The van der Waals surface area contributed by atoms with Crippen LogP contribution < -0.4 is 16.0 Å². The first-order valence-electron chi connectivity index (χ1n) is 6.83. The molecule has 0 amide bonds. The van der Waals surface area contributed by atoms with E-state index in [-0.39, 0.29) is 29.7 Å². The Morgan fingerprint density at radius 1 is 1.36 bits per heavy atom. The molecule has 1 unspecified atom stereocenters. The number of rotatable bonds is 6. The molecule has 1 aromatic heterocycles. The molecule has 1 heterocycles. The van der Waals surface area contributed by atoms with Gasteiger partial charge in [-0.3, -0.25) is 4.79 Å². The van der Waals surface area contributed by atoms with E-state index in [0.717, 1.165) is 5.56 Å². The van der Waals surface area contributed by atoms with E-state index in [1.165, 1.54) is 16.7 Å². The second-order valence-corrected chi connectivity index (χ2v) is 5.52. The van der Waals surface area contributed by atoms with Crippen LogP contribution in [0.5, 0.6) is 5.75 Å². The van der Waals surface area contributed by atoms with Gasteiger partial charge in [-0.1, -0.05) is 31.3 Å². The van der Waals surface area contributed by atoms with E-state index in [1.807, 2.05) is 6.92 Å². The number of nitrogens with two attached hydrogens (primary N) is 1. The molecule has 0 bridgehead atoms. The molecule has 1 atom stereocenters. The average Bonchev–Trinajstić information content (AvgIpc) is 2.49. The van der Waals surface area contributed by atoms with E-state index in [2.05, 4.69) is 0 Å². The van der Waals surface area contributed by atoms with E-state index in [9.17, 15) is 9.18 Å². The molecule has 0 aliphatic heterocycles. The second-order valence-electron chi connectivity index (χ2n) is 5.05. The summed E-state index contributed by atoms with van der Waals surface area (Å²) < 4.78 is 19.9. The first-order valence-corrected chi connectivity index (χ1v) is 7.24. The summed E-state index contributed by atoms with van der Waals surface area (Å²) in [6, 6.07) is 9.27. The lowest BCUT2D eigenvalue weighted by Crippen LogP contribution is -2.29. The fourth-order valence-electron chi connectivity index (χ4n) is 1.90. The Morgan fingerprint density at radius 3 is 2.68 bits per heavy atom. The Balaban J connectivity index is 2.10. The first kappa shape index (κ1) is 16.2. The molecular weight excluding hydrogens is 303 g/mol. The molecule has 4 nitrogen and oxygen atoms in total. The van der Waals surface area contributed by atoms with Crippen molar-refractivity contribution in [1.29, 1.82) is 0 Å². The molecule has 22 heavy (non-hydrogen) atoms. The smallest absolute Gasteiger partial charge is 0.292 e. The minimum Gasteiger partial charge on any atom is -0.483 e. The van der Waals surface area contributed by atoms with Crippen molar-refractivity contribution < 1.29 is 9.13 Å². The van der Waals surface area contributed by atoms with Crippen molar-refractivity contribution in [3.63, 3.8) is 0 Å². The Bertz CT molecular complexity index is 713. The molecule has 0 fully saturated rings. The molecule has 0 saturated heterocycles. The van der Waals surface area contributed by atoms with Crippen molar-refractivity contribution in [2.75, 3.05) is 0 Å². The lowest BCUT2D eigenvalue weighted by atomic mass is 10.2. The third-order valence-electron chi connectivity index (χ3n) is 3.25. The Labute approximate surface area is 133 Å². The van der Waals surface area contributed by atoms with Gasteiger partial charge in [-0.05, 0) is 29.8 Å². The molecule has 0 radical (unpaired) electrons. The zero-order chi connectivity index (χ0) is 16.1. The summed E-state index contributed by atoms with van der Waals surface area (Å²) in [5, 5.41) is 0. The van der Waals surface area contributed by atoms with E-state index in [1.54, 1.807) is 30.5 Å². The lowest BCUT2D eigenvalue weighted by molar-refractivity contribution is 0.298. The van der Waals surface area contributed by atoms with E-state index >= 15 is 0 Å². The van der Waals surface area contributed by atoms with Crippen LogP contribution >= 0.6 is 12.2 Å². The van der Waals surface area contributed by atoms with Gasteiger partial charge in [0.25, 0.3) is 5.56 Å². The summed E-state index contributed by atoms with van der Waals surface area (Å²) in [6.07, 6.45) is 1.67. The van der Waals surface area contributed by atoms with Crippen LogP contribution in [0.15, 0.2) is 47.4 Å². The highest BCUT2D eigenvalue weighted by Crippen LogP contribution is 2.09. The Kier molecular flexibility index (Phi) is 5.27. The monoisotopic (exact) mass is 320 g/mol. The minimum atomic E-state index is -0.308. The van der Waals surface area contributed by atoms with Gasteiger partial charge in [0.1, 0.15) is 12.4 Å². The number of benzene rings is 1. The van der Waals surface area contributed by atoms with Crippen LogP contribution in [-0.4, -0.2) is 9.56 Å². The number of hydrogen-bond donors (Lipinski definition) is 1. The van der Waals surface area contributed by atoms with Gasteiger partial charge in [-0.2, -0.15) is 0 Å². The maximum Gasteiger partial charge on any atom is 0.292 e. The summed E-state index contributed by atoms with van der Waals surface area (Å²) in [5.74, 6) is -0.153. The van der Waals surface area contributed by atoms with Crippen molar-refractivity contribution in [3.05, 3.63) is 64.3 Å². The number of nitrogens with zero attached hydrogens (tertiary/aromatic N) is 1. The minimum absolute atomic E-state index is 0.0833. The normalized spacial score (nSPS) is 11.9. The second kappa shape index (κ2) is 7.17. The molecular formula is C16H17FN2O2S. The van der Waals surface area contributed by atoms with E-state index in [0.29, 0.717) is 11.5 Å². The molecule has 0 saturated carbocycles. The van der Waals surface area contributed by atoms with Crippen LogP contribution in [0.1, 0.15) is 12.5 Å². The van der Waals surface area contributed by atoms with Crippen molar-refractivity contribution in [2.45, 2.75) is 20.1 Å². The number of aromatic nitrogens is 1. The molecule has 0 spiro atoms. The number of ether oxygens (including phenoxy) is 1. The Hall–Kier alpha value is -2.21. The fraction of sp³-hybridized carbons (Fsp3) is 0.250. The lowest BCUT2D eigenvalue weighted by Gasteiger charge is -2.13. The van der Waals surface area contributed by atoms with Gasteiger partial charge < -0.3 is 15.0 Å². The van der Waals surface area contributed by atoms with E-state index < -0.39 is 0 Å². The number of pyridine rings is 1. The van der Waals surface area contributed by atoms with Crippen LogP contribution in [0.2, 0.25) is 0 Å². The molecule has 6 heteroatoms. The van der Waals surface area contributed by atoms with Crippen LogP contribution in [0.25, 0.3) is 0 Å². The first-order chi connectivity index (χ1) is 10.5. The number of halogens is 1. The van der Waals surface area contributed by atoms with E-state index in [4.69, 9.17) is 22.7 Å². The molecule has 116 valence electrons. The van der Waals surface area contributed by atoms with Gasteiger partial charge in [0.05, 0.1) is 4.99 Å². The van der Waals surface area contributed by atoms with Crippen molar-refractivity contribution in [3.8, 4) is 5.75 Å². The van der Waals surface area contributed by atoms with Crippen molar-refractivity contribution >= 4 is 17.2 Å². The van der Waals surface area contributed by atoms with Gasteiger partial charge in [0, 0.05) is 18.7 Å². The van der Waals surface area contributed by atoms with Gasteiger partial charge in [-0.15, -0.1) is 0 Å². The maximum atomic E-state index is 12.8. The van der Waals surface area contributed by atoms with Crippen molar-refractivity contribution in [2.24, 2.45) is 11.7 Å². The summed E-state index contributed by atoms with van der Waals surface area (Å²) in [5.41, 5.74) is 6.12. The molecule has 2 N–H and O–H groups in total. The maximum absolute atomic E-state index is 12.8. The summed E-state index contributed by atoms with van der Waals surface area (Å²) in [6.45, 7) is 2.47. The van der Waals surface area contributed by atoms with Crippen molar-refractivity contribution in [1.82, 2.24) is 4.57 Å². The quantitative estimate of drug-likeness (QED) is 0.831. The summed E-state index contributed by atoms with van der Waals surface area (Å²) >= 11 is 4.92. The van der Waals surface area contributed by atoms with Crippen LogP contribution in [-0.2, 0) is 13.2 Å². The highest BCUT2D eigenvalue weighted by atomic mass is 32.1. The standard InChI is InChI=1S/C16H17FN2O2S/c1-11(15(18)22)9-19-8-2-3-14(16(19)20)21-10-12-4-6-13(17)7-5-12/h2-8,11H,9-10H2,1H3,(H2,18,22). The zero-order valence-electron chi connectivity index (χ0n) is 12.2. The highest BCUT2D eigenvalue weighted by molar-refractivity contribution is 7.80. The third-order valence-corrected chi connectivity index (χ3v) is 3.65. The Morgan fingerprint density at radius 2 is 2.05 bits per heavy atom. The number of hydrogen-bond acceptors (Lipinski definition) is 3. The fourth-order valence-corrected chi connectivity index (χ4v) is 1.97. The van der Waals surface area contributed by atoms with Gasteiger partial charge in [-0.25, -0.2) is 4.39 Å². The molecule has 0 aliphatic carbocycles. The molecule has 2 aromatic rings. The molecule has 0 aliphatic rings. The summed E-state index contributed by atoms with van der Waals surface area (Å²) in [7, 11) is 0. The third kappa shape index (κ3) is 4.14. The topological polar surface area (TPSA) is 57.2 Å². The van der Waals surface area contributed by atoms with Gasteiger partial charge >= 0.3 is 0 Å². The highest BCUT2D eigenvalue weighted by Gasteiger charge is 2.10. The zero-order valence-corrected chi connectivity index (χ0v) is 13.0. The number of thiocarbonyl (C=S) groups is 1. The predicted molar refractivity (Wildman–Crippen MR) is 87.4 cm³/mol. The largest absolute Gasteiger partial charge is 0.483 e. The van der Waals surface area contributed by atoms with Gasteiger partial charge in [0.15, 0.2) is 5.75 Å². The predicted octanol–water partition coefficient (Wildman–Crippen LogP) is 2.49. The molecule has 2 rings (SSSR count). The SMILES string of the molecule is CC(Cn1cccc(OCc2ccc(F)cc2)c1=O)C(N)=S. The molecule has 1 aromatic carbocycles. The summed E-state index contributed by atoms with van der Waals surface area (Å²) in [4.78, 5) is 12.7. The van der Waals surface area contributed by atoms with Crippen LogP contribution in [0.3, 0.4) is 0 Å². The van der Waals surface area contributed by atoms with Crippen LogP contribution in [0, 0.1) is 11.7 Å². The van der Waals surface area contributed by atoms with Crippen LogP contribution in [0.4, 0.5) is 4.39 Å². The van der Waals surface area contributed by atoms with Gasteiger partial charge in [0.2, 0.25) is 0 Å². The average molecular weight is 320 g/mol.